The molecule has 0 atom stereocenters. The van der Waals surface area contributed by atoms with Gasteiger partial charge in [-0.25, -0.2) is 8.42 Å². The minimum absolute atomic E-state index is 0.135. The van der Waals surface area contributed by atoms with Crippen LogP contribution in [0.3, 0.4) is 0 Å². The molecule has 0 bridgehead atoms. The number of benzene rings is 2. The largest absolute Gasteiger partial charge is 0.495 e. The highest BCUT2D eigenvalue weighted by Gasteiger charge is 2.28. The molecule has 0 spiro atoms. The molecule has 1 amide bonds. The van der Waals surface area contributed by atoms with Gasteiger partial charge in [0.25, 0.3) is 5.91 Å². The van der Waals surface area contributed by atoms with Crippen LogP contribution in [0, 0.1) is 6.92 Å². The van der Waals surface area contributed by atoms with Gasteiger partial charge in [0.05, 0.1) is 17.4 Å². The molecule has 1 heterocycles. The first-order valence-corrected chi connectivity index (χ1v) is 8.48. The molecule has 0 unspecified atom stereocenters. The summed E-state index contributed by atoms with van der Waals surface area (Å²) < 4.78 is 29.3. The van der Waals surface area contributed by atoms with Gasteiger partial charge in [0.2, 0.25) is 9.84 Å². The average molecular weight is 329 g/mol. The van der Waals surface area contributed by atoms with Crippen molar-refractivity contribution in [3.05, 3.63) is 64.6 Å². The lowest BCUT2D eigenvalue weighted by Crippen LogP contribution is -2.12. The van der Waals surface area contributed by atoms with Crippen LogP contribution < -0.4 is 5.32 Å². The molecule has 0 aliphatic carbocycles. The van der Waals surface area contributed by atoms with Crippen molar-refractivity contribution >= 4 is 27.2 Å². The molecule has 0 aromatic heterocycles. The van der Waals surface area contributed by atoms with Crippen molar-refractivity contribution in [1.82, 2.24) is 0 Å². The van der Waals surface area contributed by atoms with Gasteiger partial charge in [0.15, 0.2) is 0 Å². The lowest BCUT2D eigenvalue weighted by Gasteiger charge is -2.08. The summed E-state index contributed by atoms with van der Waals surface area (Å²) >= 11 is 0. The van der Waals surface area contributed by atoms with Crippen LogP contribution in [0.1, 0.15) is 21.5 Å². The maximum atomic E-state index is 12.2. The van der Waals surface area contributed by atoms with Gasteiger partial charge in [-0.05, 0) is 37.3 Å². The smallest absolute Gasteiger partial charge is 0.255 e. The Labute approximate surface area is 134 Å². The Balaban J connectivity index is 1.89. The van der Waals surface area contributed by atoms with Crippen molar-refractivity contribution in [1.29, 1.82) is 0 Å². The summed E-state index contributed by atoms with van der Waals surface area (Å²) in [4.78, 5) is 12.3. The van der Waals surface area contributed by atoms with Gasteiger partial charge >= 0.3 is 0 Å². The van der Waals surface area contributed by atoms with Gasteiger partial charge in [-0.1, -0.05) is 17.7 Å². The van der Waals surface area contributed by atoms with Gasteiger partial charge in [-0.15, -0.1) is 0 Å². The number of carbonyl (C=O) groups excluding carboxylic acids is 1. The quantitative estimate of drug-likeness (QED) is 0.939. The van der Waals surface area contributed by atoms with Crippen LogP contribution in [0.2, 0.25) is 0 Å². The molecule has 1 aliphatic rings. The van der Waals surface area contributed by atoms with Crippen molar-refractivity contribution in [3.8, 4) is 0 Å². The number of hydrogen-bond acceptors (Lipinski definition) is 4. The molecule has 0 radical (unpaired) electrons. The van der Waals surface area contributed by atoms with Crippen molar-refractivity contribution in [2.24, 2.45) is 0 Å². The van der Waals surface area contributed by atoms with Crippen LogP contribution in [-0.2, 0) is 14.6 Å². The zero-order chi connectivity index (χ0) is 16.6. The molecule has 0 fully saturated rings. The van der Waals surface area contributed by atoms with Crippen LogP contribution in [0.25, 0.3) is 5.76 Å². The third kappa shape index (κ3) is 2.85. The van der Waals surface area contributed by atoms with E-state index in [4.69, 9.17) is 4.74 Å². The number of sulfone groups is 1. The molecule has 2 aromatic rings. The number of ether oxygens (including phenoxy) is 1. The van der Waals surface area contributed by atoms with E-state index in [1.807, 2.05) is 19.1 Å². The summed E-state index contributed by atoms with van der Waals surface area (Å²) in [7, 11) is -2.11. The van der Waals surface area contributed by atoms with E-state index in [9.17, 15) is 13.2 Å². The van der Waals surface area contributed by atoms with Crippen LogP contribution in [0.5, 0.6) is 0 Å². The van der Waals surface area contributed by atoms with E-state index >= 15 is 0 Å². The average Bonchev–Trinajstić information content (AvgIpc) is 2.78. The second kappa shape index (κ2) is 5.55. The predicted octanol–water partition coefficient (Wildman–Crippen LogP) is 2.98. The molecule has 5 nitrogen and oxygen atoms in total. The molecular weight excluding hydrogens is 314 g/mol. The Bertz CT molecular complexity index is 912. The molecule has 0 saturated heterocycles. The van der Waals surface area contributed by atoms with Crippen molar-refractivity contribution in [2.45, 2.75) is 11.8 Å². The van der Waals surface area contributed by atoms with Crippen molar-refractivity contribution in [3.63, 3.8) is 0 Å². The highest BCUT2D eigenvalue weighted by molar-refractivity contribution is 7.94. The highest BCUT2D eigenvalue weighted by Crippen LogP contribution is 2.35. The van der Waals surface area contributed by atoms with Gasteiger partial charge in [0, 0.05) is 16.8 Å². The first-order chi connectivity index (χ1) is 10.9. The Morgan fingerprint density at radius 2 is 1.78 bits per heavy atom. The normalized spacial score (nSPS) is 14.8. The fourth-order valence-electron chi connectivity index (χ4n) is 2.37. The summed E-state index contributed by atoms with van der Waals surface area (Å²) in [6, 6.07) is 11.9. The van der Waals surface area contributed by atoms with E-state index in [1.165, 1.54) is 13.2 Å². The fraction of sp³-hybridized carbons (Fsp3) is 0.118. The predicted molar refractivity (Wildman–Crippen MR) is 87.7 cm³/mol. The minimum atomic E-state index is -3.53. The van der Waals surface area contributed by atoms with E-state index in [0.717, 1.165) is 11.0 Å². The maximum Gasteiger partial charge on any atom is 0.255 e. The first kappa shape index (κ1) is 15.3. The summed E-state index contributed by atoms with van der Waals surface area (Å²) in [6.07, 6.45) is 0. The summed E-state index contributed by atoms with van der Waals surface area (Å²) in [5.41, 5.74) is 2.49. The molecule has 3 rings (SSSR count). The maximum absolute atomic E-state index is 12.2. The number of aryl methyl sites for hydroxylation is 1. The van der Waals surface area contributed by atoms with Crippen LogP contribution in [-0.4, -0.2) is 21.4 Å². The monoisotopic (exact) mass is 329 g/mol. The number of nitrogens with one attached hydrogen (secondary N) is 1. The molecule has 1 N–H and O–H groups in total. The van der Waals surface area contributed by atoms with Gasteiger partial charge in [-0.3, -0.25) is 4.79 Å². The number of hydrogen-bond donors (Lipinski definition) is 1. The lowest BCUT2D eigenvalue weighted by atomic mass is 10.1. The number of rotatable bonds is 3. The lowest BCUT2D eigenvalue weighted by molar-refractivity contribution is 0.102. The molecule has 2 aromatic carbocycles. The topological polar surface area (TPSA) is 72.5 Å². The second-order valence-corrected chi connectivity index (χ2v) is 7.03. The second-order valence-electron chi connectivity index (χ2n) is 5.26. The van der Waals surface area contributed by atoms with Crippen molar-refractivity contribution in [2.75, 3.05) is 12.4 Å². The Kier molecular flexibility index (Phi) is 3.69. The van der Waals surface area contributed by atoms with Crippen LogP contribution >= 0.6 is 0 Å². The molecule has 6 heteroatoms. The number of amides is 1. The Morgan fingerprint density at radius 3 is 2.43 bits per heavy atom. The number of fused-ring (bicyclic) bond motifs is 1. The third-order valence-corrected chi connectivity index (χ3v) is 5.08. The van der Waals surface area contributed by atoms with E-state index in [2.05, 4.69) is 5.32 Å². The van der Waals surface area contributed by atoms with Gasteiger partial charge in [0.1, 0.15) is 5.76 Å². The van der Waals surface area contributed by atoms with E-state index < -0.39 is 9.84 Å². The number of carbonyl (C=O) groups is 1. The molecule has 0 saturated carbocycles. The van der Waals surface area contributed by atoms with Gasteiger partial charge < -0.3 is 10.1 Å². The summed E-state index contributed by atoms with van der Waals surface area (Å²) in [5.74, 6) is 0.0108. The Morgan fingerprint density at radius 1 is 1.09 bits per heavy atom. The molecule has 118 valence electrons. The van der Waals surface area contributed by atoms with Crippen molar-refractivity contribution < 1.29 is 17.9 Å². The van der Waals surface area contributed by atoms with E-state index in [-0.39, 0.29) is 10.8 Å². The number of methoxy groups -OCH3 is 1. The third-order valence-electron chi connectivity index (χ3n) is 3.61. The first-order valence-electron chi connectivity index (χ1n) is 6.94. The fourth-order valence-corrected chi connectivity index (χ4v) is 3.77. The van der Waals surface area contributed by atoms with E-state index in [0.29, 0.717) is 22.6 Å². The highest BCUT2D eigenvalue weighted by atomic mass is 32.2. The molecule has 1 aliphatic heterocycles. The molecule has 23 heavy (non-hydrogen) atoms. The standard InChI is InChI=1S/C17H15NO4S/c1-11-3-5-12(6-4-11)17(19)18-13-7-8-14-15(22-2)10-23(20,21)16(14)9-13/h3-10H,1-2H3,(H,18,19). The SMILES string of the molecule is COC1=CS(=O)(=O)c2cc(NC(=O)c3ccc(C)cc3)ccc21. The minimum Gasteiger partial charge on any atom is -0.495 e. The Hall–Kier alpha value is -2.60. The number of anilines is 1. The van der Waals surface area contributed by atoms with Crippen LogP contribution in [0.4, 0.5) is 5.69 Å². The van der Waals surface area contributed by atoms with E-state index in [1.54, 1.807) is 24.3 Å². The van der Waals surface area contributed by atoms with Crippen LogP contribution in [0.15, 0.2) is 52.8 Å². The molecular formula is C17H15NO4S. The summed E-state index contributed by atoms with van der Waals surface area (Å²) in [6.45, 7) is 1.94. The zero-order valence-electron chi connectivity index (χ0n) is 12.7. The van der Waals surface area contributed by atoms with Gasteiger partial charge in [-0.2, -0.15) is 0 Å². The summed E-state index contributed by atoms with van der Waals surface area (Å²) in [5, 5.41) is 3.80. The zero-order valence-corrected chi connectivity index (χ0v) is 13.5.